The number of nitrogens with one attached hydrogen (secondary N) is 2. The Morgan fingerprint density at radius 2 is 1.66 bits per heavy atom. The fourth-order valence-electron chi connectivity index (χ4n) is 2.46. The van der Waals surface area contributed by atoms with Crippen molar-refractivity contribution in [2.75, 3.05) is 0 Å². The topological polar surface area (TPSA) is 76.2 Å². The summed E-state index contributed by atoms with van der Waals surface area (Å²) in [6, 6.07) is 7.40. The van der Waals surface area contributed by atoms with Crippen molar-refractivity contribution in [1.82, 2.24) is 15.2 Å². The van der Waals surface area contributed by atoms with E-state index in [9.17, 15) is 26.9 Å². The van der Waals surface area contributed by atoms with E-state index in [1.54, 1.807) is 27.7 Å². The van der Waals surface area contributed by atoms with Crippen LogP contribution in [0.1, 0.15) is 38.8 Å². The number of hydrogen-bond acceptors (Lipinski definition) is 3. The number of carbonyl (C=O) groups is 2. The maximum atomic E-state index is 12.1. The lowest BCUT2D eigenvalue weighted by molar-refractivity contribution is -0.671. The van der Waals surface area contributed by atoms with Gasteiger partial charge in [0.15, 0.2) is 0 Å². The van der Waals surface area contributed by atoms with Crippen LogP contribution < -0.4 is 15.2 Å². The second-order valence-corrected chi connectivity index (χ2v) is 8.15. The minimum atomic E-state index is -6.00. The molecule has 12 heteroatoms. The summed E-state index contributed by atoms with van der Waals surface area (Å²) < 4.78 is 48.2. The molecule has 1 aromatic carbocycles. The van der Waals surface area contributed by atoms with Gasteiger partial charge in [-0.3, -0.25) is 4.79 Å². The average molecular weight is 460 g/mol. The molecule has 1 heterocycles. The maximum Gasteiger partial charge on any atom is 0.673 e. The van der Waals surface area contributed by atoms with E-state index >= 15 is 0 Å². The van der Waals surface area contributed by atoms with Crippen molar-refractivity contribution in [2.45, 2.75) is 52.4 Å². The zero-order valence-electron chi connectivity index (χ0n) is 18.7. The molecule has 7 nitrogen and oxygen atoms in total. The molecule has 0 saturated carbocycles. The molecule has 0 radical (unpaired) electrons. The number of benzene rings is 1. The second-order valence-electron chi connectivity index (χ2n) is 8.15. The lowest BCUT2D eigenvalue weighted by atomic mass is 10.1. The number of carbonyl (C=O) groups excluding carboxylic acids is 2. The monoisotopic (exact) mass is 460 g/mol. The Bertz CT molecular complexity index is 874. The number of rotatable bonds is 6. The minimum Gasteiger partial charge on any atom is -0.444 e. The summed E-state index contributed by atoms with van der Waals surface area (Å²) in [7, 11) is -4.01. The normalized spacial score (nSPS) is 12.3. The van der Waals surface area contributed by atoms with E-state index in [1.165, 1.54) is 5.56 Å². The number of hydrogen-bond donors (Lipinski definition) is 2. The number of aromatic nitrogens is 2. The fraction of sp³-hybridized carbons (Fsp3) is 0.450. The largest absolute Gasteiger partial charge is 0.673 e. The molecule has 0 saturated heterocycles. The summed E-state index contributed by atoms with van der Waals surface area (Å²) in [5.41, 5.74) is 1.58. The average Bonchev–Trinajstić information content (AvgIpc) is 3.02. The summed E-state index contributed by atoms with van der Waals surface area (Å²) in [6.45, 7) is 8.15. The van der Waals surface area contributed by atoms with E-state index < -0.39 is 25.0 Å². The number of halogens is 4. The van der Waals surface area contributed by atoms with Crippen LogP contribution in [0.15, 0.2) is 43.0 Å². The number of alkyl carbamates (subject to hydrolysis) is 1. The summed E-state index contributed by atoms with van der Waals surface area (Å²) >= 11 is 0. The molecule has 0 spiro atoms. The molecule has 0 aliphatic carbocycles. The quantitative estimate of drug-likeness (QED) is 0.395. The molecule has 0 unspecified atom stereocenters. The molecule has 1 atom stereocenters. The first-order chi connectivity index (χ1) is 14.6. The molecule has 32 heavy (non-hydrogen) atoms. The summed E-state index contributed by atoms with van der Waals surface area (Å²) in [5, 5.41) is 5.35. The molecule has 0 aliphatic heterocycles. The number of imidazole rings is 1. The van der Waals surface area contributed by atoms with E-state index in [4.69, 9.17) is 4.74 Å². The van der Waals surface area contributed by atoms with Gasteiger partial charge in [0.2, 0.25) is 12.2 Å². The smallest absolute Gasteiger partial charge is 0.444 e. The molecule has 2 aromatic rings. The highest BCUT2D eigenvalue weighted by Gasteiger charge is 2.21. The third-order valence-electron chi connectivity index (χ3n) is 3.81. The summed E-state index contributed by atoms with van der Waals surface area (Å²) in [4.78, 5) is 23.9. The third kappa shape index (κ3) is 12.6. The van der Waals surface area contributed by atoms with Crippen LogP contribution in [0.25, 0.3) is 0 Å². The van der Waals surface area contributed by atoms with Crippen LogP contribution in [-0.4, -0.2) is 35.5 Å². The van der Waals surface area contributed by atoms with Crippen molar-refractivity contribution in [1.29, 1.82) is 0 Å². The van der Waals surface area contributed by atoms with Gasteiger partial charge < -0.3 is 32.6 Å². The Hall–Kier alpha value is -3.05. The first-order valence-corrected chi connectivity index (χ1v) is 9.86. The SMILES string of the molecule is C[C@H](NC(=O)OC(C)(C)C)C(=O)NCc1ccc(Cn2cc[n+](C)c2)cc1.F[B-](F)(F)F. The van der Waals surface area contributed by atoms with Crippen molar-refractivity contribution in [3.63, 3.8) is 0 Å². The molecule has 0 aliphatic rings. The predicted octanol–water partition coefficient (Wildman–Crippen LogP) is 3.19. The van der Waals surface area contributed by atoms with Crippen LogP contribution in [0.2, 0.25) is 0 Å². The van der Waals surface area contributed by atoms with Gasteiger partial charge in [0.05, 0.1) is 7.05 Å². The molecule has 0 fully saturated rings. The molecule has 0 bridgehead atoms. The van der Waals surface area contributed by atoms with Crippen LogP contribution in [0.5, 0.6) is 0 Å². The van der Waals surface area contributed by atoms with E-state index in [0.717, 1.165) is 12.1 Å². The molecule has 2 N–H and O–H groups in total. The van der Waals surface area contributed by atoms with E-state index in [1.807, 2.05) is 54.6 Å². The van der Waals surface area contributed by atoms with E-state index in [-0.39, 0.29) is 5.91 Å². The molecule has 178 valence electrons. The molecular weight excluding hydrogens is 431 g/mol. The zero-order chi connectivity index (χ0) is 24.5. The van der Waals surface area contributed by atoms with Crippen molar-refractivity contribution >= 4 is 19.3 Å². The highest BCUT2D eigenvalue weighted by Crippen LogP contribution is 2.08. The van der Waals surface area contributed by atoms with Crippen molar-refractivity contribution < 1.29 is 36.2 Å². The van der Waals surface area contributed by atoms with Crippen LogP contribution in [-0.2, 0) is 29.7 Å². The Kier molecular flexibility index (Phi) is 9.73. The Labute approximate surface area is 184 Å². The van der Waals surface area contributed by atoms with Gasteiger partial charge in [-0.05, 0) is 38.8 Å². The van der Waals surface area contributed by atoms with Gasteiger partial charge in [-0.25, -0.2) is 13.9 Å². The van der Waals surface area contributed by atoms with E-state index in [0.29, 0.717) is 6.54 Å². The van der Waals surface area contributed by atoms with Crippen molar-refractivity contribution in [3.05, 3.63) is 54.1 Å². The highest BCUT2D eigenvalue weighted by molar-refractivity contribution is 6.50. The second kappa shape index (κ2) is 11.5. The van der Waals surface area contributed by atoms with Gasteiger partial charge in [0, 0.05) is 6.54 Å². The molecule has 1 aromatic heterocycles. The van der Waals surface area contributed by atoms with E-state index in [2.05, 4.69) is 15.2 Å². The lowest BCUT2D eigenvalue weighted by Gasteiger charge is -2.21. The van der Waals surface area contributed by atoms with Crippen LogP contribution in [0, 0.1) is 0 Å². The Morgan fingerprint density at radius 3 is 2.12 bits per heavy atom. The van der Waals surface area contributed by atoms with Gasteiger partial charge in [0.1, 0.15) is 30.6 Å². The van der Waals surface area contributed by atoms with Gasteiger partial charge in [0.25, 0.3) is 0 Å². The first-order valence-electron chi connectivity index (χ1n) is 9.86. The van der Waals surface area contributed by atoms with Gasteiger partial charge >= 0.3 is 13.3 Å². The summed E-state index contributed by atoms with van der Waals surface area (Å²) in [5.74, 6) is -0.259. The van der Waals surface area contributed by atoms with Gasteiger partial charge in [-0.1, -0.05) is 24.3 Å². The maximum absolute atomic E-state index is 12.1. The first kappa shape index (κ1) is 27.0. The zero-order valence-corrected chi connectivity index (χ0v) is 18.7. The van der Waals surface area contributed by atoms with Crippen LogP contribution in [0.3, 0.4) is 0 Å². The molecule has 2 amide bonds. The third-order valence-corrected chi connectivity index (χ3v) is 3.81. The molecule has 2 rings (SSSR count). The number of ether oxygens (including phenoxy) is 1. The summed E-state index contributed by atoms with van der Waals surface area (Å²) in [6.07, 6.45) is 5.43. The number of amides is 2. The fourth-order valence-corrected chi connectivity index (χ4v) is 2.46. The van der Waals surface area contributed by atoms with Gasteiger partial charge in [-0.2, -0.15) is 0 Å². The van der Waals surface area contributed by atoms with Crippen molar-refractivity contribution in [3.8, 4) is 0 Å². The predicted molar refractivity (Wildman–Crippen MR) is 112 cm³/mol. The lowest BCUT2D eigenvalue weighted by Crippen LogP contribution is -2.46. The molecular formula is C20H29BF4N4O3. The van der Waals surface area contributed by atoms with Crippen molar-refractivity contribution in [2.24, 2.45) is 7.05 Å². The Balaban J connectivity index is 0.000000920. The van der Waals surface area contributed by atoms with Crippen LogP contribution >= 0.6 is 0 Å². The Morgan fingerprint density at radius 1 is 1.12 bits per heavy atom. The minimum absolute atomic E-state index is 0.259. The van der Waals surface area contributed by atoms with Crippen LogP contribution in [0.4, 0.5) is 22.1 Å². The highest BCUT2D eigenvalue weighted by atomic mass is 19.5. The number of nitrogens with zero attached hydrogens (tertiary/aromatic N) is 2. The van der Waals surface area contributed by atoms with Gasteiger partial charge in [-0.15, -0.1) is 0 Å². The standard InChI is InChI=1S/C20H28N4O3.BF4/c1-15(22-19(26)27-20(2,3)4)18(25)21-12-16-6-8-17(9-7-16)13-24-11-10-23(5)14-24;2-1(3,4)5/h6-11,14-15H,12-13H2,1-5H3,(H-,21,22,25,26);/q;-1/p+1/t15-;/m0./s1. The number of aryl methyl sites for hydroxylation is 1.